The summed E-state index contributed by atoms with van der Waals surface area (Å²) in [5.74, 6) is 1.30. The Morgan fingerprint density at radius 2 is 1.74 bits per heavy atom. The van der Waals surface area contributed by atoms with E-state index in [4.69, 9.17) is 20.9 Å². The monoisotopic (exact) mass is 258 g/mol. The summed E-state index contributed by atoms with van der Waals surface area (Å²) in [5.41, 5.74) is 15.1. The molecular weight excluding hydrogens is 240 g/mol. The Bertz CT molecular complexity index is 582. The summed E-state index contributed by atoms with van der Waals surface area (Å²) < 4.78 is 11.0. The van der Waals surface area contributed by atoms with Crippen LogP contribution in [-0.4, -0.2) is 6.79 Å². The third-order valence-electron chi connectivity index (χ3n) is 2.97. The summed E-state index contributed by atoms with van der Waals surface area (Å²) >= 11 is 0. The van der Waals surface area contributed by atoms with E-state index < -0.39 is 0 Å². The van der Waals surface area contributed by atoms with Crippen molar-refractivity contribution in [2.24, 2.45) is 0 Å². The van der Waals surface area contributed by atoms with Gasteiger partial charge in [0.2, 0.25) is 6.79 Å². The highest BCUT2D eigenvalue weighted by Crippen LogP contribution is 2.25. The Balaban J connectivity index is 1.96. The number of benzene rings is 2. The first-order valence-corrected chi connectivity index (χ1v) is 6.04. The van der Waals surface area contributed by atoms with Crippen LogP contribution in [-0.2, 0) is 0 Å². The molecule has 0 aliphatic rings. The molecular formula is C15H18N2O2. The van der Waals surface area contributed by atoms with Gasteiger partial charge in [0.1, 0.15) is 11.5 Å². The summed E-state index contributed by atoms with van der Waals surface area (Å²) in [4.78, 5) is 0. The molecule has 2 rings (SSSR count). The van der Waals surface area contributed by atoms with Crippen LogP contribution in [0.1, 0.15) is 11.1 Å². The van der Waals surface area contributed by atoms with Crippen molar-refractivity contribution in [1.29, 1.82) is 0 Å². The second-order valence-electron chi connectivity index (χ2n) is 4.41. The van der Waals surface area contributed by atoms with Crippen LogP contribution in [0.2, 0.25) is 0 Å². The van der Waals surface area contributed by atoms with Crippen molar-refractivity contribution in [3.63, 3.8) is 0 Å². The largest absolute Gasteiger partial charge is 0.457 e. The van der Waals surface area contributed by atoms with Gasteiger partial charge in [0, 0.05) is 11.8 Å². The zero-order valence-corrected chi connectivity index (χ0v) is 11.1. The van der Waals surface area contributed by atoms with Gasteiger partial charge in [-0.05, 0) is 37.1 Å². The number of anilines is 2. The van der Waals surface area contributed by atoms with Gasteiger partial charge in [-0.1, -0.05) is 18.2 Å². The van der Waals surface area contributed by atoms with Crippen molar-refractivity contribution in [1.82, 2.24) is 0 Å². The van der Waals surface area contributed by atoms with Crippen LogP contribution in [0.25, 0.3) is 0 Å². The van der Waals surface area contributed by atoms with Crippen LogP contribution >= 0.6 is 0 Å². The lowest BCUT2D eigenvalue weighted by Crippen LogP contribution is -2.08. The maximum Gasteiger partial charge on any atom is 0.230 e. The van der Waals surface area contributed by atoms with Crippen molar-refractivity contribution < 1.29 is 9.47 Å². The van der Waals surface area contributed by atoms with Gasteiger partial charge < -0.3 is 20.9 Å². The van der Waals surface area contributed by atoms with Gasteiger partial charge in [-0.25, -0.2) is 0 Å². The Kier molecular flexibility index (Phi) is 3.80. The smallest absolute Gasteiger partial charge is 0.230 e. The highest BCUT2D eigenvalue weighted by atomic mass is 16.7. The molecule has 0 atom stereocenters. The Hall–Kier alpha value is -2.36. The summed E-state index contributed by atoms with van der Waals surface area (Å²) in [5, 5.41) is 0. The predicted octanol–water partition coefficient (Wildman–Crippen LogP) is 2.88. The van der Waals surface area contributed by atoms with Gasteiger partial charge in [0.15, 0.2) is 0 Å². The first-order chi connectivity index (χ1) is 9.08. The Morgan fingerprint density at radius 3 is 2.47 bits per heavy atom. The van der Waals surface area contributed by atoms with E-state index in [9.17, 15) is 0 Å². The Morgan fingerprint density at radius 1 is 0.947 bits per heavy atom. The van der Waals surface area contributed by atoms with Crippen LogP contribution < -0.4 is 20.9 Å². The second-order valence-corrected chi connectivity index (χ2v) is 4.41. The number of nitrogens with two attached hydrogens (primary N) is 2. The molecule has 0 unspecified atom stereocenters. The van der Waals surface area contributed by atoms with E-state index in [-0.39, 0.29) is 6.79 Å². The number of hydrogen-bond donors (Lipinski definition) is 2. The van der Waals surface area contributed by atoms with Crippen LogP contribution in [0.4, 0.5) is 11.4 Å². The normalized spacial score (nSPS) is 10.2. The van der Waals surface area contributed by atoms with E-state index >= 15 is 0 Å². The minimum Gasteiger partial charge on any atom is -0.457 e. The molecule has 0 radical (unpaired) electrons. The topological polar surface area (TPSA) is 70.5 Å². The lowest BCUT2D eigenvalue weighted by atomic mass is 10.2. The van der Waals surface area contributed by atoms with E-state index in [1.54, 1.807) is 6.07 Å². The molecule has 0 aromatic heterocycles. The molecule has 0 aliphatic heterocycles. The summed E-state index contributed by atoms with van der Waals surface area (Å²) in [6.45, 7) is 3.98. The lowest BCUT2D eigenvalue weighted by molar-refractivity contribution is 0.120. The van der Waals surface area contributed by atoms with E-state index in [0.29, 0.717) is 22.9 Å². The van der Waals surface area contributed by atoms with Crippen LogP contribution in [0.5, 0.6) is 11.5 Å². The number of ether oxygens (including phenoxy) is 2. The fraction of sp³-hybridized carbons (Fsp3) is 0.200. The summed E-state index contributed by atoms with van der Waals surface area (Å²) in [6, 6.07) is 11.2. The minimum atomic E-state index is 0.0934. The van der Waals surface area contributed by atoms with E-state index in [2.05, 4.69) is 0 Å². The van der Waals surface area contributed by atoms with Gasteiger partial charge >= 0.3 is 0 Å². The van der Waals surface area contributed by atoms with Crippen molar-refractivity contribution in [3.05, 3.63) is 47.5 Å². The van der Waals surface area contributed by atoms with Gasteiger partial charge in [0.25, 0.3) is 0 Å². The Labute approximate surface area is 112 Å². The third kappa shape index (κ3) is 3.10. The minimum absolute atomic E-state index is 0.0934. The molecule has 19 heavy (non-hydrogen) atoms. The van der Waals surface area contributed by atoms with Crippen molar-refractivity contribution in [2.45, 2.75) is 13.8 Å². The third-order valence-corrected chi connectivity index (χ3v) is 2.97. The molecule has 0 bridgehead atoms. The molecule has 4 nitrogen and oxygen atoms in total. The van der Waals surface area contributed by atoms with E-state index in [1.165, 1.54) is 0 Å². The van der Waals surface area contributed by atoms with Gasteiger partial charge in [-0.3, -0.25) is 0 Å². The van der Waals surface area contributed by atoms with E-state index in [0.717, 1.165) is 11.1 Å². The number of nitrogen functional groups attached to an aromatic ring is 2. The maximum absolute atomic E-state index is 5.91. The average molecular weight is 258 g/mol. The number of para-hydroxylation sites is 1. The average Bonchev–Trinajstić information content (AvgIpc) is 2.39. The fourth-order valence-corrected chi connectivity index (χ4v) is 1.65. The van der Waals surface area contributed by atoms with E-state index in [1.807, 2.05) is 44.2 Å². The lowest BCUT2D eigenvalue weighted by Gasteiger charge is -2.12. The van der Waals surface area contributed by atoms with Crippen molar-refractivity contribution in [3.8, 4) is 11.5 Å². The molecule has 0 fully saturated rings. The molecule has 4 N–H and O–H groups in total. The molecule has 2 aromatic carbocycles. The molecule has 0 aliphatic carbocycles. The van der Waals surface area contributed by atoms with Crippen molar-refractivity contribution >= 4 is 11.4 Å². The number of hydrogen-bond acceptors (Lipinski definition) is 4. The molecule has 4 heteroatoms. The molecule has 0 heterocycles. The fourth-order valence-electron chi connectivity index (χ4n) is 1.65. The summed E-state index contributed by atoms with van der Waals surface area (Å²) in [7, 11) is 0. The first kappa shape index (κ1) is 13.1. The molecule has 0 saturated carbocycles. The molecule has 0 saturated heterocycles. The predicted molar refractivity (Wildman–Crippen MR) is 77.3 cm³/mol. The van der Waals surface area contributed by atoms with Gasteiger partial charge in [0.05, 0.1) is 5.69 Å². The molecule has 0 spiro atoms. The molecule has 2 aromatic rings. The first-order valence-electron chi connectivity index (χ1n) is 6.04. The summed E-state index contributed by atoms with van der Waals surface area (Å²) in [6.07, 6.45) is 0. The number of aryl methyl sites for hydroxylation is 2. The zero-order chi connectivity index (χ0) is 13.8. The van der Waals surface area contributed by atoms with Crippen LogP contribution in [0, 0.1) is 13.8 Å². The zero-order valence-electron chi connectivity index (χ0n) is 11.1. The van der Waals surface area contributed by atoms with Crippen molar-refractivity contribution in [2.75, 3.05) is 18.3 Å². The standard InChI is InChI=1S/C15H18N2O2/c1-10-6-7-12(8-13(10)16)18-9-19-14-5-3-4-11(2)15(14)17/h3-8H,9,16-17H2,1-2H3. The van der Waals surface area contributed by atoms with Crippen LogP contribution in [0.3, 0.4) is 0 Å². The second kappa shape index (κ2) is 5.52. The quantitative estimate of drug-likeness (QED) is 0.653. The van der Waals surface area contributed by atoms with Gasteiger partial charge in [-0.2, -0.15) is 0 Å². The van der Waals surface area contributed by atoms with Crippen LogP contribution in [0.15, 0.2) is 36.4 Å². The SMILES string of the molecule is Cc1ccc(OCOc2cccc(C)c2N)cc1N. The highest BCUT2D eigenvalue weighted by Gasteiger charge is 2.03. The van der Waals surface area contributed by atoms with Gasteiger partial charge in [-0.15, -0.1) is 0 Å². The number of rotatable bonds is 4. The molecule has 0 amide bonds. The maximum atomic E-state index is 5.91. The highest BCUT2D eigenvalue weighted by molar-refractivity contribution is 5.57. The molecule has 100 valence electrons.